The van der Waals surface area contributed by atoms with Crippen LogP contribution < -0.4 is 17.2 Å². The first-order chi connectivity index (χ1) is 11.0. The fraction of sp³-hybridized carbons (Fsp3) is 0.462. The first-order valence-electron chi connectivity index (χ1n) is 6.59. The van der Waals surface area contributed by atoms with Crippen LogP contribution >= 0.6 is 0 Å². The van der Waals surface area contributed by atoms with Gasteiger partial charge in [-0.1, -0.05) is 6.08 Å². The maximum Gasteiger partial charge on any atom is 0.351 e. The summed E-state index contributed by atoms with van der Waals surface area (Å²) < 4.78 is 6.59. The zero-order valence-electron chi connectivity index (χ0n) is 12.2. The van der Waals surface area contributed by atoms with E-state index in [-0.39, 0.29) is 12.2 Å². The van der Waals surface area contributed by atoms with Gasteiger partial charge in [0, 0.05) is 19.2 Å². The van der Waals surface area contributed by atoms with E-state index in [1.807, 2.05) is 0 Å². The number of nitriles is 1. The number of hydrogen-bond donors (Lipinski definition) is 5. The molecule has 4 atom stereocenters. The summed E-state index contributed by atoms with van der Waals surface area (Å²) in [5, 5.41) is 36.0. The number of anilines is 1. The van der Waals surface area contributed by atoms with Crippen molar-refractivity contribution in [2.75, 3.05) is 12.3 Å². The van der Waals surface area contributed by atoms with E-state index in [1.54, 1.807) is 0 Å². The zero-order chi connectivity index (χ0) is 17.6. The van der Waals surface area contributed by atoms with Crippen molar-refractivity contribution in [3.05, 3.63) is 35.0 Å². The van der Waals surface area contributed by atoms with Crippen LogP contribution in [0, 0.1) is 11.8 Å². The van der Waals surface area contributed by atoms with Gasteiger partial charge in [0.15, 0.2) is 5.72 Å². The molecule has 1 aromatic heterocycles. The molecule has 10 heteroatoms. The predicted molar refractivity (Wildman–Crippen MR) is 79.5 cm³/mol. The van der Waals surface area contributed by atoms with Gasteiger partial charge in [0.05, 0.1) is 6.61 Å². The summed E-state index contributed by atoms with van der Waals surface area (Å²) in [4.78, 5) is 15.6. The Balaban J connectivity index is 0.00000127. The molecule has 10 nitrogen and oxygen atoms in total. The minimum Gasteiger partial charge on any atom is -0.405 e. The van der Waals surface area contributed by atoms with Crippen LogP contribution in [0.3, 0.4) is 0 Å². The lowest BCUT2D eigenvalue weighted by atomic mass is 9.99. The number of aliphatic hydroxyl groups excluding tert-OH is 3. The highest BCUT2D eigenvalue weighted by Crippen LogP contribution is 2.37. The molecule has 0 bridgehead atoms. The smallest absolute Gasteiger partial charge is 0.351 e. The largest absolute Gasteiger partial charge is 0.405 e. The van der Waals surface area contributed by atoms with Gasteiger partial charge in [-0.15, -0.1) is 0 Å². The number of ether oxygens (including phenoxy) is 1. The van der Waals surface area contributed by atoms with Gasteiger partial charge in [-0.05, 0) is 12.3 Å². The molecular weight excluding hydrogens is 306 g/mol. The molecular formula is C13H19N5O5. The summed E-state index contributed by atoms with van der Waals surface area (Å²) in [6, 6.07) is 1.37. The SMILES string of the molecule is C#N.NC=CC[C@@]1(n2ccc(N)nc2=O)O[C@H](CO)[C@@H](O)[C@H]1O. The van der Waals surface area contributed by atoms with Gasteiger partial charge in [-0.3, -0.25) is 4.57 Å². The summed E-state index contributed by atoms with van der Waals surface area (Å²) in [5.41, 5.74) is 8.38. The second-order valence-electron chi connectivity index (χ2n) is 4.76. The van der Waals surface area contributed by atoms with Crippen LogP contribution in [0.25, 0.3) is 0 Å². The van der Waals surface area contributed by atoms with Crippen LogP contribution in [0.15, 0.2) is 29.3 Å². The minimum atomic E-state index is -1.61. The van der Waals surface area contributed by atoms with Gasteiger partial charge in [0.25, 0.3) is 0 Å². The Morgan fingerprint density at radius 1 is 1.52 bits per heavy atom. The molecule has 7 N–H and O–H groups in total. The summed E-state index contributed by atoms with van der Waals surface area (Å²) >= 11 is 0. The topological polar surface area (TPSA) is 181 Å². The Bertz CT molecular complexity index is 631. The first kappa shape index (κ1) is 18.6. The lowest BCUT2D eigenvalue weighted by Gasteiger charge is -2.32. The van der Waals surface area contributed by atoms with E-state index in [0.717, 1.165) is 4.57 Å². The number of rotatable bonds is 4. The van der Waals surface area contributed by atoms with E-state index < -0.39 is 36.3 Å². The van der Waals surface area contributed by atoms with Crippen LogP contribution in [0.4, 0.5) is 5.82 Å². The van der Waals surface area contributed by atoms with E-state index >= 15 is 0 Å². The monoisotopic (exact) mass is 325 g/mol. The van der Waals surface area contributed by atoms with Crippen molar-refractivity contribution in [1.82, 2.24) is 9.55 Å². The third-order valence-electron chi connectivity index (χ3n) is 3.48. The molecule has 2 heterocycles. The highest BCUT2D eigenvalue weighted by Gasteiger charge is 2.55. The molecule has 0 unspecified atom stereocenters. The van der Waals surface area contributed by atoms with Crippen molar-refractivity contribution in [1.29, 1.82) is 5.26 Å². The summed E-state index contributed by atoms with van der Waals surface area (Å²) in [7, 11) is 0. The molecule has 2 rings (SSSR count). The van der Waals surface area contributed by atoms with E-state index in [4.69, 9.17) is 21.5 Å². The van der Waals surface area contributed by atoms with Gasteiger partial charge in [0.1, 0.15) is 24.1 Å². The van der Waals surface area contributed by atoms with Crippen molar-refractivity contribution in [2.45, 2.75) is 30.5 Å². The Morgan fingerprint density at radius 2 is 2.17 bits per heavy atom. The second-order valence-corrected chi connectivity index (χ2v) is 4.76. The van der Waals surface area contributed by atoms with E-state index in [0.29, 0.717) is 0 Å². The number of hydrogen-bond acceptors (Lipinski definition) is 9. The molecule has 0 radical (unpaired) electrons. The quantitative estimate of drug-likeness (QED) is 0.403. The van der Waals surface area contributed by atoms with Crippen molar-refractivity contribution < 1.29 is 20.1 Å². The summed E-state index contributed by atoms with van der Waals surface area (Å²) in [5.74, 6) is 0.0208. The predicted octanol–water partition coefficient (Wildman–Crippen LogP) is -2.41. The first-order valence-corrected chi connectivity index (χ1v) is 6.59. The third-order valence-corrected chi connectivity index (χ3v) is 3.48. The van der Waals surface area contributed by atoms with Crippen molar-refractivity contribution in [2.24, 2.45) is 5.73 Å². The average molecular weight is 325 g/mol. The van der Waals surface area contributed by atoms with Crippen molar-refractivity contribution in [3.8, 4) is 6.57 Å². The number of nitrogens with two attached hydrogens (primary N) is 2. The highest BCUT2D eigenvalue weighted by molar-refractivity contribution is 5.24. The van der Waals surface area contributed by atoms with E-state index in [2.05, 4.69) is 11.6 Å². The Hall–Kier alpha value is -2.45. The minimum absolute atomic E-state index is 0.00370. The van der Waals surface area contributed by atoms with Gasteiger partial charge in [0.2, 0.25) is 0 Å². The molecule has 0 amide bonds. The maximum atomic E-state index is 12.0. The Kier molecular flexibility index (Phi) is 6.23. The van der Waals surface area contributed by atoms with Gasteiger partial charge in [-0.2, -0.15) is 4.98 Å². The summed E-state index contributed by atoms with van der Waals surface area (Å²) in [6.07, 6.45) is 0.175. The normalized spacial score (nSPS) is 30.0. The fourth-order valence-electron chi connectivity index (χ4n) is 2.42. The lowest BCUT2D eigenvalue weighted by molar-refractivity contribution is -0.148. The molecule has 1 aliphatic rings. The molecule has 0 saturated carbocycles. The maximum absolute atomic E-state index is 12.0. The number of aliphatic hydroxyl groups is 3. The van der Waals surface area contributed by atoms with E-state index in [1.165, 1.54) is 24.5 Å². The molecule has 126 valence electrons. The van der Waals surface area contributed by atoms with E-state index in [9.17, 15) is 20.1 Å². The zero-order valence-corrected chi connectivity index (χ0v) is 12.2. The highest BCUT2D eigenvalue weighted by atomic mass is 16.6. The van der Waals surface area contributed by atoms with Crippen molar-refractivity contribution in [3.63, 3.8) is 0 Å². The molecule has 0 aromatic carbocycles. The molecule has 1 aromatic rings. The molecule has 1 saturated heterocycles. The molecule has 0 aliphatic carbocycles. The van der Waals surface area contributed by atoms with Crippen molar-refractivity contribution >= 4 is 5.82 Å². The second kappa shape index (κ2) is 7.70. The molecule has 1 aliphatic heterocycles. The van der Waals surface area contributed by atoms with Crippen LogP contribution in [-0.4, -0.2) is 49.8 Å². The number of nitrogens with zero attached hydrogens (tertiary/aromatic N) is 3. The summed E-state index contributed by atoms with van der Waals surface area (Å²) in [6.45, 7) is 2.99. The third kappa shape index (κ3) is 3.33. The van der Waals surface area contributed by atoms with Crippen LogP contribution in [0.1, 0.15) is 6.42 Å². The number of nitrogen functional groups attached to an aromatic ring is 1. The Morgan fingerprint density at radius 3 is 2.65 bits per heavy atom. The lowest BCUT2D eigenvalue weighted by Crippen LogP contribution is -2.50. The molecule has 1 fully saturated rings. The Labute approximate surface area is 131 Å². The van der Waals surface area contributed by atoms with Gasteiger partial charge in [-0.25, -0.2) is 10.1 Å². The average Bonchev–Trinajstić information content (AvgIpc) is 2.80. The van der Waals surface area contributed by atoms with Crippen LogP contribution in [-0.2, 0) is 10.5 Å². The number of aromatic nitrogens is 2. The van der Waals surface area contributed by atoms with Gasteiger partial charge >= 0.3 is 5.69 Å². The van der Waals surface area contributed by atoms with Gasteiger partial charge < -0.3 is 31.5 Å². The molecule has 0 spiro atoms. The van der Waals surface area contributed by atoms with Crippen LogP contribution in [0.2, 0.25) is 0 Å². The molecule has 23 heavy (non-hydrogen) atoms. The van der Waals surface area contributed by atoms with Crippen LogP contribution in [0.5, 0.6) is 0 Å². The standard InChI is InChI=1S/C12H18N4O5.CHN/c13-4-1-3-12(10(19)9(18)7(6-17)21-12)16-5-2-8(14)15-11(16)20;1-2/h1-2,4-5,7,9-10,17-19H,3,6,13H2,(H2,14,15,20);1H/t7-,9-,10-,12-;/m1./s1. The fourth-order valence-corrected chi connectivity index (χ4v) is 2.42.